The van der Waals surface area contributed by atoms with Crippen LogP contribution in [0.3, 0.4) is 0 Å². The van der Waals surface area contributed by atoms with Gasteiger partial charge >= 0.3 is 0 Å². The molecule has 5 heteroatoms. The smallest absolute Gasteiger partial charge is 0.246 e. The van der Waals surface area contributed by atoms with E-state index in [2.05, 4.69) is 13.8 Å². The van der Waals surface area contributed by atoms with Crippen molar-refractivity contribution in [3.05, 3.63) is 0 Å². The molecule has 4 nitrogen and oxygen atoms in total. The maximum absolute atomic E-state index is 12.4. The zero-order valence-corrected chi connectivity index (χ0v) is 12.0. The Hall–Kier alpha value is -0.710. The van der Waals surface area contributed by atoms with Crippen molar-refractivity contribution in [1.82, 2.24) is 9.80 Å². The van der Waals surface area contributed by atoms with Crippen LogP contribution in [0.25, 0.3) is 0 Å². The molecule has 0 aromatic rings. The SMILES string of the molecule is CCSCCC(C)N1CC(=O)N2CCCC2C1=O. The van der Waals surface area contributed by atoms with Gasteiger partial charge in [-0.1, -0.05) is 6.92 Å². The van der Waals surface area contributed by atoms with Crippen molar-refractivity contribution in [2.24, 2.45) is 0 Å². The van der Waals surface area contributed by atoms with E-state index in [0.29, 0.717) is 0 Å². The van der Waals surface area contributed by atoms with Crippen LogP contribution < -0.4 is 0 Å². The highest BCUT2D eigenvalue weighted by molar-refractivity contribution is 7.99. The fourth-order valence-electron chi connectivity index (χ4n) is 2.75. The third-order valence-electron chi connectivity index (χ3n) is 3.86. The molecule has 2 aliphatic heterocycles. The zero-order valence-electron chi connectivity index (χ0n) is 11.2. The molecule has 2 aliphatic rings. The maximum Gasteiger partial charge on any atom is 0.246 e. The van der Waals surface area contributed by atoms with Gasteiger partial charge in [-0.25, -0.2) is 0 Å². The number of carbonyl (C=O) groups excluding carboxylic acids is 2. The van der Waals surface area contributed by atoms with Crippen LogP contribution in [-0.2, 0) is 9.59 Å². The highest BCUT2D eigenvalue weighted by Crippen LogP contribution is 2.25. The topological polar surface area (TPSA) is 40.6 Å². The van der Waals surface area contributed by atoms with Gasteiger partial charge in [-0.2, -0.15) is 11.8 Å². The van der Waals surface area contributed by atoms with Crippen molar-refractivity contribution in [1.29, 1.82) is 0 Å². The van der Waals surface area contributed by atoms with E-state index in [1.165, 1.54) is 0 Å². The molecule has 2 fully saturated rings. The second kappa shape index (κ2) is 5.95. The number of rotatable bonds is 5. The monoisotopic (exact) mass is 270 g/mol. The molecule has 2 saturated heterocycles. The quantitative estimate of drug-likeness (QED) is 0.708. The number of piperazine rings is 1. The molecule has 0 aromatic carbocycles. The second-order valence-electron chi connectivity index (χ2n) is 5.05. The van der Waals surface area contributed by atoms with Crippen LogP contribution in [0, 0.1) is 0 Å². The predicted molar refractivity (Wildman–Crippen MR) is 73.5 cm³/mol. The normalized spacial score (nSPS) is 25.6. The molecule has 2 heterocycles. The molecule has 102 valence electrons. The Morgan fingerprint density at radius 3 is 2.94 bits per heavy atom. The first-order chi connectivity index (χ1) is 8.65. The Kier molecular flexibility index (Phi) is 4.54. The summed E-state index contributed by atoms with van der Waals surface area (Å²) in [7, 11) is 0. The van der Waals surface area contributed by atoms with E-state index in [9.17, 15) is 9.59 Å². The van der Waals surface area contributed by atoms with Crippen LogP contribution in [0.2, 0.25) is 0 Å². The number of fused-ring (bicyclic) bond motifs is 1. The molecule has 18 heavy (non-hydrogen) atoms. The minimum Gasteiger partial charge on any atom is -0.329 e. The van der Waals surface area contributed by atoms with Gasteiger partial charge in [-0.15, -0.1) is 0 Å². The summed E-state index contributed by atoms with van der Waals surface area (Å²) in [5.74, 6) is 2.47. The summed E-state index contributed by atoms with van der Waals surface area (Å²) >= 11 is 1.89. The maximum atomic E-state index is 12.4. The summed E-state index contributed by atoms with van der Waals surface area (Å²) in [4.78, 5) is 27.9. The Bertz CT molecular complexity index is 335. The summed E-state index contributed by atoms with van der Waals surface area (Å²) in [6, 6.07) is 0.0239. The molecule has 0 spiro atoms. The number of hydrogen-bond acceptors (Lipinski definition) is 3. The van der Waals surface area contributed by atoms with Gasteiger partial charge in [0.15, 0.2) is 0 Å². The fourth-order valence-corrected chi connectivity index (χ4v) is 3.55. The molecular formula is C13H22N2O2S. The minimum absolute atomic E-state index is 0.132. The molecule has 0 bridgehead atoms. The van der Waals surface area contributed by atoms with E-state index in [1.54, 1.807) is 9.80 Å². The van der Waals surface area contributed by atoms with E-state index < -0.39 is 0 Å². The molecule has 2 rings (SSSR count). The van der Waals surface area contributed by atoms with E-state index in [1.807, 2.05) is 11.8 Å². The van der Waals surface area contributed by atoms with Crippen LogP contribution in [-0.4, -0.2) is 58.3 Å². The molecule has 0 N–H and O–H groups in total. The Balaban J connectivity index is 1.96. The molecule has 0 aromatic heterocycles. The van der Waals surface area contributed by atoms with Gasteiger partial charge in [0.2, 0.25) is 11.8 Å². The Labute approximate surface area is 113 Å². The van der Waals surface area contributed by atoms with Crippen molar-refractivity contribution in [3.63, 3.8) is 0 Å². The summed E-state index contributed by atoms with van der Waals surface area (Å²) in [6.45, 7) is 5.25. The lowest BCUT2D eigenvalue weighted by Crippen LogP contribution is -2.59. The number of carbonyl (C=O) groups is 2. The largest absolute Gasteiger partial charge is 0.329 e. The number of thioether (sulfide) groups is 1. The summed E-state index contributed by atoms with van der Waals surface area (Å²) in [6.07, 6.45) is 2.79. The van der Waals surface area contributed by atoms with Crippen molar-refractivity contribution in [2.45, 2.75) is 45.2 Å². The van der Waals surface area contributed by atoms with Crippen molar-refractivity contribution in [2.75, 3.05) is 24.6 Å². The predicted octanol–water partition coefficient (Wildman–Crippen LogP) is 1.35. The summed E-state index contributed by atoms with van der Waals surface area (Å²) < 4.78 is 0. The lowest BCUT2D eigenvalue weighted by atomic mass is 10.1. The van der Waals surface area contributed by atoms with Crippen molar-refractivity contribution < 1.29 is 9.59 Å². The summed E-state index contributed by atoms with van der Waals surface area (Å²) in [5.41, 5.74) is 0. The van der Waals surface area contributed by atoms with Crippen LogP contribution >= 0.6 is 11.8 Å². The Morgan fingerprint density at radius 2 is 2.22 bits per heavy atom. The summed E-state index contributed by atoms with van der Waals surface area (Å²) in [5, 5.41) is 0. The van der Waals surface area contributed by atoms with Crippen LogP contribution in [0.15, 0.2) is 0 Å². The lowest BCUT2D eigenvalue weighted by Gasteiger charge is -2.39. The van der Waals surface area contributed by atoms with Gasteiger partial charge in [-0.05, 0) is 37.7 Å². The van der Waals surface area contributed by atoms with Crippen LogP contribution in [0.4, 0.5) is 0 Å². The number of hydrogen-bond donors (Lipinski definition) is 0. The van der Waals surface area contributed by atoms with Gasteiger partial charge < -0.3 is 9.80 Å². The molecule has 0 radical (unpaired) electrons. The van der Waals surface area contributed by atoms with E-state index in [0.717, 1.165) is 37.3 Å². The average molecular weight is 270 g/mol. The lowest BCUT2D eigenvalue weighted by molar-refractivity contribution is -0.155. The highest BCUT2D eigenvalue weighted by Gasteiger charge is 2.42. The highest BCUT2D eigenvalue weighted by atomic mass is 32.2. The average Bonchev–Trinajstić information content (AvgIpc) is 2.84. The molecule has 2 amide bonds. The molecule has 0 aliphatic carbocycles. The van der Waals surface area contributed by atoms with Gasteiger partial charge in [-0.3, -0.25) is 9.59 Å². The minimum atomic E-state index is -0.160. The van der Waals surface area contributed by atoms with Gasteiger partial charge in [0.1, 0.15) is 12.6 Å². The zero-order chi connectivity index (χ0) is 13.1. The number of nitrogens with zero attached hydrogens (tertiary/aromatic N) is 2. The van der Waals surface area contributed by atoms with Gasteiger partial charge in [0.05, 0.1) is 0 Å². The van der Waals surface area contributed by atoms with Crippen molar-refractivity contribution in [3.8, 4) is 0 Å². The second-order valence-corrected chi connectivity index (χ2v) is 6.44. The molecule has 2 unspecified atom stereocenters. The van der Waals surface area contributed by atoms with Crippen molar-refractivity contribution >= 4 is 23.6 Å². The van der Waals surface area contributed by atoms with Gasteiger partial charge in [0, 0.05) is 12.6 Å². The van der Waals surface area contributed by atoms with Crippen LogP contribution in [0.1, 0.15) is 33.1 Å². The van der Waals surface area contributed by atoms with E-state index in [4.69, 9.17) is 0 Å². The molecule has 0 saturated carbocycles. The first-order valence-electron chi connectivity index (χ1n) is 6.82. The third kappa shape index (κ3) is 2.66. The fraction of sp³-hybridized carbons (Fsp3) is 0.846. The van der Waals surface area contributed by atoms with E-state index >= 15 is 0 Å². The third-order valence-corrected chi connectivity index (χ3v) is 4.80. The number of amides is 2. The molecular weight excluding hydrogens is 248 g/mol. The van der Waals surface area contributed by atoms with Crippen LogP contribution in [0.5, 0.6) is 0 Å². The first kappa shape index (κ1) is 13.7. The Morgan fingerprint density at radius 1 is 1.44 bits per heavy atom. The first-order valence-corrected chi connectivity index (χ1v) is 7.98. The van der Waals surface area contributed by atoms with Gasteiger partial charge in [0.25, 0.3) is 0 Å². The van der Waals surface area contributed by atoms with E-state index in [-0.39, 0.29) is 30.4 Å². The molecule has 2 atom stereocenters. The standard InChI is InChI=1S/C13H22N2O2S/c1-3-18-8-6-10(2)15-9-12(16)14-7-4-5-11(14)13(15)17/h10-11H,3-9H2,1-2H3.